The number of hydrogen-bond acceptors (Lipinski definition) is 4. The molecule has 0 aromatic carbocycles. The van der Waals surface area contributed by atoms with Crippen molar-refractivity contribution in [1.82, 2.24) is 4.90 Å². The second kappa shape index (κ2) is 3.69. The van der Waals surface area contributed by atoms with Gasteiger partial charge in [-0.2, -0.15) is 0 Å². The van der Waals surface area contributed by atoms with Crippen LogP contribution in [0.15, 0.2) is 0 Å². The third-order valence-electron chi connectivity index (χ3n) is 2.40. The second-order valence-corrected chi connectivity index (χ2v) is 5.80. The molecule has 0 aromatic rings. The molecule has 1 aliphatic heterocycles. The molecule has 7 nitrogen and oxygen atoms in total. The summed E-state index contributed by atoms with van der Waals surface area (Å²) in [6, 6.07) is -1.26. The van der Waals surface area contributed by atoms with Crippen molar-refractivity contribution in [2.45, 2.75) is 17.7 Å². The lowest BCUT2D eigenvalue weighted by molar-refractivity contribution is -0.141. The van der Waals surface area contributed by atoms with Gasteiger partial charge in [0.05, 0.1) is 5.25 Å². The maximum Gasteiger partial charge on any atom is 0.408 e. The Morgan fingerprint density at radius 2 is 1.87 bits per heavy atom. The number of likely N-dealkylation sites (tertiary alicyclic amines) is 1. The van der Waals surface area contributed by atoms with E-state index >= 15 is 0 Å². The van der Waals surface area contributed by atoms with E-state index in [9.17, 15) is 18.0 Å². The Labute approximate surface area is 86.2 Å². The molecule has 0 saturated carbocycles. The van der Waals surface area contributed by atoms with Crippen LogP contribution >= 0.6 is 0 Å². The molecular weight excluding hydrogens is 226 g/mol. The quantitative estimate of drug-likeness (QED) is 0.652. The Balaban J connectivity index is 2.93. The molecule has 86 valence electrons. The molecule has 8 heteroatoms. The van der Waals surface area contributed by atoms with Gasteiger partial charge in [0.25, 0.3) is 0 Å². The average Bonchev–Trinajstić information content (AvgIpc) is 2.45. The Kier molecular flexibility index (Phi) is 2.89. The van der Waals surface area contributed by atoms with Gasteiger partial charge >= 0.3 is 12.1 Å². The van der Waals surface area contributed by atoms with Crippen LogP contribution in [-0.2, 0) is 14.6 Å². The molecule has 1 unspecified atom stereocenters. The Hall–Kier alpha value is -1.31. The molecule has 1 saturated heterocycles. The monoisotopic (exact) mass is 237 g/mol. The molecule has 0 bridgehead atoms. The Morgan fingerprint density at radius 1 is 1.33 bits per heavy atom. The number of rotatable bonds is 2. The summed E-state index contributed by atoms with van der Waals surface area (Å²) >= 11 is 0. The third kappa shape index (κ3) is 2.38. The topological polar surface area (TPSA) is 112 Å². The zero-order valence-corrected chi connectivity index (χ0v) is 8.77. The van der Waals surface area contributed by atoms with Crippen molar-refractivity contribution in [1.29, 1.82) is 0 Å². The van der Waals surface area contributed by atoms with Gasteiger partial charge in [0.2, 0.25) is 0 Å². The SMILES string of the molecule is CS(=O)(=O)[C@@H]1CC(C(=O)O)N(C(=O)O)C1. The highest BCUT2D eigenvalue weighted by atomic mass is 32.2. The highest BCUT2D eigenvalue weighted by molar-refractivity contribution is 7.91. The van der Waals surface area contributed by atoms with E-state index in [1.807, 2.05) is 0 Å². The number of carboxylic acid groups (broad SMARTS) is 2. The number of carbonyl (C=O) groups is 2. The van der Waals surface area contributed by atoms with Crippen LogP contribution in [-0.4, -0.2) is 59.7 Å². The molecule has 2 N–H and O–H groups in total. The fourth-order valence-electron chi connectivity index (χ4n) is 1.55. The van der Waals surface area contributed by atoms with Crippen molar-refractivity contribution in [2.24, 2.45) is 0 Å². The molecular formula is C7H11NO6S. The van der Waals surface area contributed by atoms with E-state index in [1.54, 1.807) is 0 Å². The maximum atomic E-state index is 11.2. The van der Waals surface area contributed by atoms with Crippen LogP contribution in [0, 0.1) is 0 Å². The molecule has 0 spiro atoms. The number of hydrogen-bond donors (Lipinski definition) is 2. The molecule has 1 rings (SSSR count). The third-order valence-corrected chi connectivity index (χ3v) is 3.95. The van der Waals surface area contributed by atoms with Crippen molar-refractivity contribution in [3.05, 3.63) is 0 Å². The Bertz CT molecular complexity index is 366. The summed E-state index contributed by atoms with van der Waals surface area (Å²) in [5.74, 6) is -1.32. The summed E-state index contributed by atoms with van der Waals surface area (Å²) in [5, 5.41) is 16.5. The summed E-state index contributed by atoms with van der Waals surface area (Å²) in [5.41, 5.74) is 0. The number of amides is 1. The van der Waals surface area contributed by atoms with Crippen LogP contribution in [0.5, 0.6) is 0 Å². The van der Waals surface area contributed by atoms with Gasteiger partial charge in [-0.25, -0.2) is 18.0 Å². The van der Waals surface area contributed by atoms with E-state index in [4.69, 9.17) is 10.2 Å². The highest BCUT2D eigenvalue weighted by Crippen LogP contribution is 2.23. The van der Waals surface area contributed by atoms with Crippen LogP contribution in [0.2, 0.25) is 0 Å². The fraction of sp³-hybridized carbons (Fsp3) is 0.714. The summed E-state index contributed by atoms with van der Waals surface area (Å²) in [6.07, 6.45) is -0.615. The lowest BCUT2D eigenvalue weighted by Gasteiger charge is -2.16. The molecule has 1 heterocycles. The van der Waals surface area contributed by atoms with Crippen molar-refractivity contribution in [3.8, 4) is 0 Å². The van der Waals surface area contributed by atoms with Crippen molar-refractivity contribution < 1.29 is 28.2 Å². The van der Waals surface area contributed by atoms with Gasteiger partial charge < -0.3 is 10.2 Å². The first-order chi connectivity index (χ1) is 6.73. The van der Waals surface area contributed by atoms with Crippen LogP contribution in [0.25, 0.3) is 0 Å². The minimum atomic E-state index is -3.40. The van der Waals surface area contributed by atoms with E-state index in [1.165, 1.54) is 0 Å². The van der Waals surface area contributed by atoms with E-state index in [0.717, 1.165) is 6.26 Å². The largest absolute Gasteiger partial charge is 0.480 e. The van der Waals surface area contributed by atoms with Crippen molar-refractivity contribution in [2.75, 3.05) is 12.8 Å². The van der Waals surface area contributed by atoms with E-state index in [0.29, 0.717) is 4.90 Å². The number of aliphatic carboxylic acids is 1. The lowest BCUT2D eigenvalue weighted by Crippen LogP contribution is -2.39. The standard InChI is InChI=1S/C7H11NO6S/c1-15(13,14)4-2-5(6(9)10)8(3-4)7(11)12/h4-5H,2-3H2,1H3,(H,9,10)(H,11,12)/t4-,5?/m1/s1. The summed E-state index contributed by atoms with van der Waals surface area (Å²) in [7, 11) is -3.40. The van der Waals surface area contributed by atoms with E-state index < -0.39 is 33.2 Å². The average molecular weight is 237 g/mol. The van der Waals surface area contributed by atoms with Crippen LogP contribution in [0.1, 0.15) is 6.42 Å². The first-order valence-electron chi connectivity index (χ1n) is 4.14. The van der Waals surface area contributed by atoms with Crippen LogP contribution < -0.4 is 0 Å². The Morgan fingerprint density at radius 3 is 2.13 bits per heavy atom. The summed E-state index contributed by atoms with van der Waals surface area (Å²) in [4.78, 5) is 22.0. The normalized spacial score (nSPS) is 26.6. The fourth-order valence-corrected chi connectivity index (χ4v) is 2.52. The molecule has 2 atom stereocenters. The van der Waals surface area contributed by atoms with Gasteiger partial charge in [-0.1, -0.05) is 0 Å². The molecule has 0 aromatic heterocycles. The smallest absolute Gasteiger partial charge is 0.408 e. The minimum Gasteiger partial charge on any atom is -0.480 e. The molecule has 1 aliphatic rings. The molecule has 1 fully saturated rings. The number of nitrogens with zero attached hydrogens (tertiary/aromatic N) is 1. The lowest BCUT2D eigenvalue weighted by atomic mass is 10.2. The summed E-state index contributed by atoms with van der Waals surface area (Å²) < 4.78 is 22.3. The van der Waals surface area contributed by atoms with Gasteiger partial charge in [0.15, 0.2) is 9.84 Å². The second-order valence-electron chi connectivity index (χ2n) is 3.48. The molecule has 0 aliphatic carbocycles. The van der Waals surface area contributed by atoms with Gasteiger partial charge in [0.1, 0.15) is 6.04 Å². The molecule has 15 heavy (non-hydrogen) atoms. The van der Waals surface area contributed by atoms with Crippen LogP contribution in [0.4, 0.5) is 4.79 Å². The maximum absolute atomic E-state index is 11.2. The van der Waals surface area contributed by atoms with Gasteiger partial charge in [0, 0.05) is 12.8 Å². The van der Waals surface area contributed by atoms with Crippen molar-refractivity contribution >= 4 is 21.9 Å². The zero-order valence-electron chi connectivity index (χ0n) is 7.95. The molecule has 1 amide bonds. The first kappa shape index (κ1) is 11.8. The molecule has 0 radical (unpaired) electrons. The first-order valence-corrected chi connectivity index (χ1v) is 6.10. The van der Waals surface area contributed by atoms with Gasteiger partial charge in [-0.3, -0.25) is 4.90 Å². The van der Waals surface area contributed by atoms with E-state index in [-0.39, 0.29) is 13.0 Å². The summed E-state index contributed by atoms with van der Waals surface area (Å²) in [6.45, 7) is -0.273. The van der Waals surface area contributed by atoms with E-state index in [2.05, 4.69) is 0 Å². The van der Waals surface area contributed by atoms with Crippen molar-refractivity contribution in [3.63, 3.8) is 0 Å². The predicted octanol–water partition coefficient (Wildman–Crippen LogP) is -0.763. The number of carboxylic acids is 1. The number of sulfone groups is 1. The van der Waals surface area contributed by atoms with Gasteiger partial charge in [-0.05, 0) is 6.42 Å². The van der Waals surface area contributed by atoms with Crippen LogP contribution in [0.3, 0.4) is 0 Å². The minimum absolute atomic E-state index is 0.180. The zero-order chi connectivity index (χ0) is 11.8. The predicted molar refractivity (Wildman–Crippen MR) is 49.4 cm³/mol. The van der Waals surface area contributed by atoms with Gasteiger partial charge in [-0.15, -0.1) is 0 Å². The highest BCUT2D eigenvalue weighted by Gasteiger charge is 2.43.